The molecule has 8 nitrogen and oxygen atoms in total. The largest absolute Gasteiger partial charge is 0.481 e. The smallest absolute Gasteiger partial charge is 0.410 e. The van der Waals surface area contributed by atoms with Gasteiger partial charge in [-0.2, -0.15) is 0 Å². The second kappa shape index (κ2) is 7.20. The molecule has 0 bridgehead atoms. The summed E-state index contributed by atoms with van der Waals surface area (Å²) in [6.07, 6.45) is 2.73. The van der Waals surface area contributed by atoms with E-state index < -0.39 is 17.0 Å². The lowest BCUT2D eigenvalue weighted by Gasteiger charge is -2.40. The molecule has 3 rings (SSSR count). The van der Waals surface area contributed by atoms with Gasteiger partial charge in [-0.3, -0.25) is 4.79 Å². The Morgan fingerprint density at radius 2 is 1.37 bits per heavy atom. The van der Waals surface area contributed by atoms with Crippen LogP contribution in [-0.2, 0) is 9.53 Å². The van der Waals surface area contributed by atoms with E-state index in [4.69, 9.17) is 4.74 Å². The van der Waals surface area contributed by atoms with Crippen LogP contribution in [-0.4, -0.2) is 82.8 Å². The second-order valence-electron chi connectivity index (χ2n) is 8.96. The summed E-state index contributed by atoms with van der Waals surface area (Å²) in [6, 6.07) is -0.00235. The van der Waals surface area contributed by atoms with Crippen molar-refractivity contribution in [3.63, 3.8) is 0 Å². The third kappa shape index (κ3) is 4.30. The number of aliphatic carboxylic acids is 1. The first-order valence-electron chi connectivity index (χ1n) is 9.87. The molecular weight excluding hydrogens is 350 g/mol. The molecule has 0 spiro atoms. The summed E-state index contributed by atoms with van der Waals surface area (Å²) in [4.78, 5) is 41.6. The maximum Gasteiger partial charge on any atom is 0.410 e. The van der Waals surface area contributed by atoms with E-state index in [0.29, 0.717) is 39.3 Å². The molecule has 0 radical (unpaired) electrons. The third-order valence-electron chi connectivity index (χ3n) is 5.96. The fourth-order valence-corrected chi connectivity index (χ4v) is 4.16. The molecular formula is C19H31N3O5. The van der Waals surface area contributed by atoms with E-state index in [2.05, 4.69) is 0 Å². The number of piperidine rings is 1. The van der Waals surface area contributed by atoms with Crippen LogP contribution in [0.25, 0.3) is 0 Å². The first-order valence-corrected chi connectivity index (χ1v) is 9.87. The van der Waals surface area contributed by atoms with Gasteiger partial charge in [-0.05, 0) is 52.4 Å². The molecule has 27 heavy (non-hydrogen) atoms. The van der Waals surface area contributed by atoms with E-state index >= 15 is 0 Å². The van der Waals surface area contributed by atoms with Crippen molar-refractivity contribution in [2.45, 2.75) is 52.1 Å². The van der Waals surface area contributed by atoms with Crippen molar-refractivity contribution >= 4 is 18.1 Å². The Bertz CT molecular complexity index is 595. The number of carbonyl (C=O) groups is 3. The van der Waals surface area contributed by atoms with Gasteiger partial charge in [0.25, 0.3) is 0 Å². The summed E-state index contributed by atoms with van der Waals surface area (Å²) >= 11 is 0. The number of likely N-dealkylation sites (tertiary alicyclic amines) is 1. The standard InChI is InChI=1S/C19H31N3O5/c1-18(2,3)27-17(26)22-12-10-21(11-13-22)16(25)20-8-4-14(5-9-20)19(6-7-19)15(23)24/h14H,4-13H2,1-3H3,(H,23,24). The highest BCUT2D eigenvalue weighted by Crippen LogP contribution is 2.55. The molecule has 1 N–H and O–H groups in total. The summed E-state index contributed by atoms with van der Waals surface area (Å²) < 4.78 is 5.38. The van der Waals surface area contributed by atoms with E-state index in [9.17, 15) is 19.5 Å². The average Bonchev–Trinajstić information content (AvgIpc) is 3.42. The Morgan fingerprint density at radius 1 is 0.889 bits per heavy atom. The lowest BCUT2D eigenvalue weighted by Crippen LogP contribution is -2.55. The molecule has 3 fully saturated rings. The first-order chi connectivity index (χ1) is 12.6. The number of rotatable bonds is 2. The zero-order chi connectivity index (χ0) is 19.8. The Balaban J connectivity index is 1.45. The van der Waals surface area contributed by atoms with Crippen LogP contribution in [0.2, 0.25) is 0 Å². The zero-order valence-electron chi connectivity index (χ0n) is 16.6. The number of piperazine rings is 1. The predicted molar refractivity (Wildman–Crippen MR) is 98.4 cm³/mol. The van der Waals surface area contributed by atoms with Gasteiger partial charge in [0.2, 0.25) is 0 Å². The highest BCUT2D eigenvalue weighted by molar-refractivity contribution is 5.78. The van der Waals surface area contributed by atoms with Crippen LogP contribution in [0.3, 0.4) is 0 Å². The molecule has 0 aromatic rings. The summed E-state index contributed by atoms with van der Waals surface area (Å²) in [7, 11) is 0. The van der Waals surface area contributed by atoms with Crippen molar-refractivity contribution < 1.29 is 24.2 Å². The minimum absolute atomic E-state index is 0.00235. The fraction of sp³-hybridized carbons (Fsp3) is 0.842. The van der Waals surface area contributed by atoms with Crippen molar-refractivity contribution in [2.75, 3.05) is 39.3 Å². The first kappa shape index (κ1) is 19.8. The van der Waals surface area contributed by atoms with Gasteiger partial charge >= 0.3 is 18.1 Å². The number of carbonyl (C=O) groups excluding carboxylic acids is 2. The van der Waals surface area contributed by atoms with Gasteiger partial charge in [-0.25, -0.2) is 9.59 Å². The lowest BCUT2D eigenvalue weighted by atomic mass is 9.81. The van der Waals surface area contributed by atoms with Gasteiger partial charge in [-0.15, -0.1) is 0 Å². The van der Waals surface area contributed by atoms with Crippen LogP contribution in [0.1, 0.15) is 46.5 Å². The highest BCUT2D eigenvalue weighted by Gasteiger charge is 2.56. The van der Waals surface area contributed by atoms with Crippen LogP contribution in [0.5, 0.6) is 0 Å². The van der Waals surface area contributed by atoms with Gasteiger partial charge in [0.1, 0.15) is 5.60 Å². The molecule has 8 heteroatoms. The molecule has 3 amide bonds. The number of carboxylic acid groups (broad SMARTS) is 1. The zero-order valence-corrected chi connectivity index (χ0v) is 16.6. The van der Waals surface area contributed by atoms with Gasteiger partial charge in [0.15, 0.2) is 0 Å². The van der Waals surface area contributed by atoms with E-state index in [1.165, 1.54) is 0 Å². The summed E-state index contributed by atoms with van der Waals surface area (Å²) in [6.45, 7) is 8.68. The molecule has 1 saturated carbocycles. The van der Waals surface area contributed by atoms with Crippen molar-refractivity contribution in [2.24, 2.45) is 11.3 Å². The number of amides is 3. The van der Waals surface area contributed by atoms with E-state index in [1.807, 2.05) is 25.7 Å². The molecule has 2 aliphatic heterocycles. The van der Waals surface area contributed by atoms with Crippen molar-refractivity contribution in [3.05, 3.63) is 0 Å². The molecule has 0 aromatic carbocycles. The number of carboxylic acids is 1. The van der Waals surface area contributed by atoms with Crippen molar-refractivity contribution in [1.82, 2.24) is 14.7 Å². The number of nitrogens with zero attached hydrogens (tertiary/aromatic N) is 3. The Kier molecular flexibility index (Phi) is 5.27. The summed E-state index contributed by atoms with van der Waals surface area (Å²) in [5, 5.41) is 9.44. The number of urea groups is 1. The Hall–Kier alpha value is -1.99. The molecule has 2 saturated heterocycles. The third-order valence-corrected chi connectivity index (χ3v) is 5.96. The quantitative estimate of drug-likeness (QED) is 0.792. The molecule has 0 unspecified atom stereocenters. The second-order valence-corrected chi connectivity index (χ2v) is 8.96. The molecule has 0 aromatic heterocycles. The molecule has 0 atom stereocenters. The number of ether oxygens (including phenoxy) is 1. The lowest BCUT2D eigenvalue weighted by molar-refractivity contribution is -0.146. The van der Waals surface area contributed by atoms with Crippen LogP contribution in [0.15, 0.2) is 0 Å². The van der Waals surface area contributed by atoms with Crippen LogP contribution >= 0.6 is 0 Å². The van der Waals surface area contributed by atoms with Crippen LogP contribution in [0.4, 0.5) is 9.59 Å². The average molecular weight is 381 g/mol. The van der Waals surface area contributed by atoms with E-state index in [-0.39, 0.29) is 18.0 Å². The summed E-state index contributed by atoms with van der Waals surface area (Å²) in [5.41, 5.74) is -1.04. The number of hydrogen-bond donors (Lipinski definition) is 1. The van der Waals surface area contributed by atoms with Crippen LogP contribution in [0, 0.1) is 11.3 Å². The van der Waals surface area contributed by atoms with Crippen molar-refractivity contribution in [1.29, 1.82) is 0 Å². The minimum atomic E-state index is -0.675. The summed E-state index contributed by atoms with van der Waals surface area (Å²) in [5.74, 6) is -0.492. The minimum Gasteiger partial charge on any atom is -0.481 e. The van der Waals surface area contributed by atoms with Crippen LogP contribution < -0.4 is 0 Å². The van der Waals surface area contributed by atoms with Gasteiger partial charge in [-0.1, -0.05) is 0 Å². The molecule has 3 aliphatic rings. The topological polar surface area (TPSA) is 90.4 Å². The maximum atomic E-state index is 12.8. The molecule has 2 heterocycles. The van der Waals surface area contributed by atoms with E-state index in [1.54, 1.807) is 9.80 Å². The van der Waals surface area contributed by atoms with Gasteiger partial charge in [0.05, 0.1) is 5.41 Å². The molecule has 1 aliphatic carbocycles. The molecule has 152 valence electrons. The van der Waals surface area contributed by atoms with E-state index in [0.717, 1.165) is 25.7 Å². The fourth-order valence-electron chi connectivity index (χ4n) is 4.16. The monoisotopic (exact) mass is 381 g/mol. The van der Waals surface area contributed by atoms with Crippen molar-refractivity contribution in [3.8, 4) is 0 Å². The Morgan fingerprint density at radius 3 is 1.81 bits per heavy atom. The SMILES string of the molecule is CC(C)(C)OC(=O)N1CCN(C(=O)N2CCC(C3(C(=O)O)CC3)CC2)CC1. The van der Waals surface area contributed by atoms with Gasteiger partial charge in [0, 0.05) is 39.3 Å². The maximum absolute atomic E-state index is 12.8. The normalized spacial score (nSPS) is 23.1. The predicted octanol–water partition coefficient (Wildman–Crippen LogP) is 2.24. The highest BCUT2D eigenvalue weighted by atomic mass is 16.6. The Labute approximate surface area is 160 Å². The van der Waals surface area contributed by atoms with Gasteiger partial charge < -0.3 is 24.5 Å². The number of hydrogen-bond acceptors (Lipinski definition) is 4.